The molecule has 0 spiro atoms. The summed E-state index contributed by atoms with van der Waals surface area (Å²) in [5.74, 6) is 1.02. The molecule has 2 aromatic rings. The number of rotatable bonds is 1. The molecule has 0 unspecified atom stereocenters. The molecule has 3 rings (SSSR count). The normalized spacial score (nSPS) is 15.6. The van der Waals surface area contributed by atoms with Crippen LogP contribution in [0.25, 0.3) is 10.8 Å². The van der Waals surface area contributed by atoms with Crippen LogP contribution in [0.3, 0.4) is 0 Å². The van der Waals surface area contributed by atoms with E-state index in [1.807, 2.05) is 29.3 Å². The van der Waals surface area contributed by atoms with E-state index < -0.39 is 0 Å². The van der Waals surface area contributed by atoms with Gasteiger partial charge in [0.25, 0.3) is 0 Å². The lowest BCUT2D eigenvalue weighted by molar-refractivity contribution is -0.129. The number of piperazine rings is 1. The van der Waals surface area contributed by atoms with E-state index in [-0.39, 0.29) is 5.91 Å². The number of amides is 1. The lowest BCUT2D eigenvalue weighted by Crippen LogP contribution is -2.48. The van der Waals surface area contributed by atoms with Gasteiger partial charge in [0.1, 0.15) is 5.82 Å². The zero-order valence-electron chi connectivity index (χ0n) is 11.6. The van der Waals surface area contributed by atoms with Crippen molar-refractivity contribution in [1.29, 1.82) is 0 Å². The highest BCUT2D eigenvalue weighted by Gasteiger charge is 2.22. The number of aromatic nitrogens is 1. The minimum Gasteiger partial charge on any atom is -0.353 e. The Kier molecular flexibility index (Phi) is 4.04. The third kappa shape index (κ3) is 2.72. The summed E-state index contributed by atoms with van der Waals surface area (Å²) in [6.07, 6.45) is 1.81. The van der Waals surface area contributed by atoms with Crippen LogP contribution in [0.4, 0.5) is 5.82 Å². The number of halogens is 2. The smallest absolute Gasteiger partial charge is 0.219 e. The summed E-state index contributed by atoms with van der Waals surface area (Å²) in [6, 6.07) is 5.85. The lowest BCUT2D eigenvalue weighted by atomic mass is 10.1. The molecule has 0 aliphatic carbocycles. The molecule has 110 valence electrons. The summed E-state index contributed by atoms with van der Waals surface area (Å²) in [6.45, 7) is 4.60. The number of hydrogen-bond acceptors (Lipinski definition) is 3. The average Bonchev–Trinajstić information content (AvgIpc) is 2.49. The van der Waals surface area contributed by atoms with Crippen molar-refractivity contribution in [2.24, 2.45) is 0 Å². The highest BCUT2D eigenvalue weighted by Crippen LogP contribution is 2.35. The molecule has 0 saturated carbocycles. The first kappa shape index (κ1) is 14.6. The Labute approximate surface area is 136 Å². The topological polar surface area (TPSA) is 36.4 Å². The summed E-state index contributed by atoms with van der Waals surface area (Å²) in [7, 11) is 0. The van der Waals surface area contributed by atoms with Gasteiger partial charge < -0.3 is 9.80 Å². The minimum absolute atomic E-state index is 0.126. The molecular weight excluding hydrogens is 354 g/mol. The van der Waals surface area contributed by atoms with E-state index in [0.29, 0.717) is 5.02 Å². The number of carbonyl (C=O) groups is 1. The third-order valence-corrected chi connectivity index (χ3v) is 4.77. The van der Waals surface area contributed by atoms with Gasteiger partial charge in [0, 0.05) is 54.5 Å². The fourth-order valence-corrected chi connectivity index (χ4v) is 3.37. The zero-order chi connectivity index (χ0) is 15.0. The molecule has 2 heterocycles. The Morgan fingerprint density at radius 3 is 2.67 bits per heavy atom. The standard InChI is InChI=1S/C15H15BrClN3O/c1-10(21)19-5-7-20(8-6-19)15-14-11(12(16)9-18-15)3-2-4-13(14)17/h2-4,9H,5-8H2,1H3. The molecule has 0 atom stereocenters. The summed E-state index contributed by atoms with van der Waals surface area (Å²) < 4.78 is 0.936. The van der Waals surface area contributed by atoms with Crippen LogP contribution in [0, 0.1) is 0 Å². The molecule has 1 fully saturated rings. The molecule has 1 saturated heterocycles. The van der Waals surface area contributed by atoms with E-state index in [9.17, 15) is 4.79 Å². The summed E-state index contributed by atoms with van der Waals surface area (Å²) in [5.41, 5.74) is 0. The van der Waals surface area contributed by atoms with Gasteiger partial charge in [0.15, 0.2) is 0 Å². The first-order chi connectivity index (χ1) is 10.1. The van der Waals surface area contributed by atoms with Gasteiger partial charge in [-0.15, -0.1) is 0 Å². The van der Waals surface area contributed by atoms with Crippen molar-refractivity contribution in [1.82, 2.24) is 9.88 Å². The molecule has 1 aromatic heterocycles. The Balaban J connectivity index is 1.99. The van der Waals surface area contributed by atoms with Crippen molar-refractivity contribution in [3.05, 3.63) is 33.9 Å². The van der Waals surface area contributed by atoms with Crippen molar-refractivity contribution < 1.29 is 4.79 Å². The zero-order valence-corrected chi connectivity index (χ0v) is 14.0. The van der Waals surface area contributed by atoms with Gasteiger partial charge in [-0.05, 0) is 22.0 Å². The van der Waals surface area contributed by atoms with E-state index in [4.69, 9.17) is 11.6 Å². The second kappa shape index (κ2) is 5.81. The van der Waals surface area contributed by atoms with Crippen LogP contribution in [-0.2, 0) is 4.79 Å². The van der Waals surface area contributed by atoms with E-state index in [1.165, 1.54) is 0 Å². The third-order valence-electron chi connectivity index (χ3n) is 3.82. The van der Waals surface area contributed by atoms with Gasteiger partial charge in [-0.1, -0.05) is 23.7 Å². The predicted octanol–water partition coefficient (Wildman–Crippen LogP) is 3.32. The molecule has 21 heavy (non-hydrogen) atoms. The quantitative estimate of drug-likeness (QED) is 0.775. The number of hydrogen-bond donors (Lipinski definition) is 0. The van der Waals surface area contributed by atoms with Crippen molar-refractivity contribution >= 4 is 50.0 Å². The van der Waals surface area contributed by atoms with Crippen LogP contribution in [0.5, 0.6) is 0 Å². The second-order valence-corrected chi connectivity index (χ2v) is 6.35. The van der Waals surface area contributed by atoms with Gasteiger partial charge in [-0.25, -0.2) is 4.98 Å². The molecule has 6 heteroatoms. The van der Waals surface area contributed by atoms with E-state index in [0.717, 1.165) is 47.2 Å². The highest BCUT2D eigenvalue weighted by molar-refractivity contribution is 9.10. The maximum absolute atomic E-state index is 11.4. The first-order valence-corrected chi connectivity index (χ1v) is 7.98. The SMILES string of the molecule is CC(=O)N1CCN(c2ncc(Br)c3cccc(Cl)c23)CC1. The van der Waals surface area contributed by atoms with E-state index in [2.05, 4.69) is 25.8 Å². The first-order valence-electron chi connectivity index (χ1n) is 6.81. The highest BCUT2D eigenvalue weighted by atomic mass is 79.9. The van der Waals surface area contributed by atoms with Gasteiger partial charge in [-0.2, -0.15) is 0 Å². The second-order valence-electron chi connectivity index (χ2n) is 5.09. The van der Waals surface area contributed by atoms with Crippen LogP contribution < -0.4 is 4.90 Å². The van der Waals surface area contributed by atoms with Crippen molar-refractivity contribution in [3.8, 4) is 0 Å². The predicted molar refractivity (Wildman–Crippen MR) is 88.9 cm³/mol. The van der Waals surface area contributed by atoms with Crippen LogP contribution in [0.1, 0.15) is 6.92 Å². The molecule has 0 radical (unpaired) electrons. The Morgan fingerprint density at radius 1 is 1.29 bits per heavy atom. The fraction of sp³-hybridized carbons (Fsp3) is 0.333. The molecule has 1 aliphatic heterocycles. The number of pyridine rings is 1. The van der Waals surface area contributed by atoms with Gasteiger partial charge in [0.05, 0.1) is 5.02 Å². The largest absolute Gasteiger partial charge is 0.353 e. The monoisotopic (exact) mass is 367 g/mol. The molecule has 1 aromatic carbocycles. The lowest BCUT2D eigenvalue weighted by Gasteiger charge is -2.35. The van der Waals surface area contributed by atoms with Crippen LogP contribution in [-0.4, -0.2) is 42.0 Å². The number of carbonyl (C=O) groups excluding carboxylic acids is 1. The van der Waals surface area contributed by atoms with Crippen molar-refractivity contribution in [2.75, 3.05) is 31.1 Å². The fourth-order valence-electron chi connectivity index (χ4n) is 2.68. The van der Waals surface area contributed by atoms with Crippen LogP contribution in [0.15, 0.2) is 28.9 Å². The van der Waals surface area contributed by atoms with Gasteiger partial charge in [0.2, 0.25) is 5.91 Å². The molecule has 0 bridgehead atoms. The molecule has 0 N–H and O–H groups in total. The van der Waals surface area contributed by atoms with E-state index >= 15 is 0 Å². The number of nitrogens with zero attached hydrogens (tertiary/aromatic N) is 3. The van der Waals surface area contributed by atoms with Crippen LogP contribution >= 0.6 is 27.5 Å². The Bertz CT molecular complexity index is 699. The summed E-state index contributed by atoms with van der Waals surface area (Å²) in [5, 5.41) is 2.72. The molecule has 4 nitrogen and oxygen atoms in total. The maximum Gasteiger partial charge on any atom is 0.219 e. The maximum atomic E-state index is 11.4. The van der Waals surface area contributed by atoms with Crippen molar-refractivity contribution in [3.63, 3.8) is 0 Å². The summed E-state index contributed by atoms with van der Waals surface area (Å²) in [4.78, 5) is 20.0. The van der Waals surface area contributed by atoms with E-state index in [1.54, 1.807) is 6.92 Å². The molecule has 1 amide bonds. The van der Waals surface area contributed by atoms with Crippen molar-refractivity contribution in [2.45, 2.75) is 6.92 Å². The minimum atomic E-state index is 0.126. The number of benzene rings is 1. The Hall–Kier alpha value is -1.33. The van der Waals surface area contributed by atoms with Gasteiger partial charge >= 0.3 is 0 Å². The molecule has 1 aliphatic rings. The molecular formula is C15H15BrClN3O. The average molecular weight is 369 g/mol. The summed E-state index contributed by atoms with van der Waals surface area (Å²) >= 11 is 9.91. The van der Waals surface area contributed by atoms with Crippen LogP contribution in [0.2, 0.25) is 5.02 Å². The number of fused-ring (bicyclic) bond motifs is 1. The number of anilines is 1. The van der Waals surface area contributed by atoms with Gasteiger partial charge in [-0.3, -0.25) is 4.79 Å². The Morgan fingerprint density at radius 2 is 2.00 bits per heavy atom.